The van der Waals surface area contributed by atoms with Crippen LogP contribution in [0.4, 0.5) is 22.7 Å². The number of quaternary nitrogens is 1. The van der Waals surface area contributed by atoms with Gasteiger partial charge in [-0.05, 0) is 104 Å². The van der Waals surface area contributed by atoms with Gasteiger partial charge in [-0.2, -0.15) is 20.5 Å². The maximum Gasteiger partial charge on any atom is 0.344 e. The summed E-state index contributed by atoms with van der Waals surface area (Å²) in [5, 5.41) is 17.1. The molecule has 0 aliphatic heterocycles. The van der Waals surface area contributed by atoms with Gasteiger partial charge in [-0.25, -0.2) is 4.79 Å². The van der Waals surface area contributed by atoms with E-state index < -0.39 is 45.7 Å². The summed E-state index contributed by atoms with van der Waals surface area (Å²) in [5.74, 6) is -0.925. The van der Waals surface area contributed by atoms with E-state index in [4.69, 9.17) is 23.3 Å². The minimum absolute atomic E-state index is 0.0970. The molecule has 0 aromatic heterocycles. The molecule has 0 aliphatic rings. The zero-order chi connectivity index (χ0) is 45.2. The van der Waals surface area contributed by atoms with Crippen molar-refractivity contribution in [2.24, 2.45) is 20.5 Å². The van der Waals surface area contributed by atoms with Gasteiger partial charge in [0, 0.05) is 6.42 Å². The van der Waals surface area contributed by atoms with Crippen LogP contribution in [0.25, 0.3) is 0 Å². The van der Waals surface area contributed by atoms with Gasteiger partial charge in [0.2, 0.25) is 0 Å². The number of unbranched alkanes of at least 4 members (excludes halogenated alkanes) is 7. The number of nitrogens with zero attached hydrogens (tertiary/aromatic N) is 5. The lowest BCUT2D eigenvalue weighted by Gasteiger charge is -2.28. The van der Waals surface area contributed by atoms with E-state index >= 15 is 0 Å². The molecule has 0 amide bonds. The molecule has 0 fully saturated rings. The number of aryl methyl sites for hydroxylation is 2. The molecule has 0 bridgehead atoms. The fourth-order valence-corrected chi connectivity index (χ4v) is 6.78. The van der Waals surface area contributed by atoms with Gasteiger partial charge < -0.3 is 32.6 Å². The van der Waals surface area contributed by atoms with E-state index in [-0.39, 0.29) is 13.0 Å². The standard InChI is InChI=1S/C48H64N5O9P/c1-5-6-7-12-17-39-22-28-43(29-23-39)51-52-44-30-32-45(33-31-44)58-38-48(55)62-46(37-61-63(56,57)60-35-34-53(2,3)4)36-59-47(54)21-16-10-8-9-13-18-40-24-26-42(27-25-40)50-49-41-19-14-11-15-20-41/h11,14-15,19-20,22-33,46H,5-10,12-13,16-18,21,34-38H2,1-4H3/t46-/m1/s1. The number of hydrogen-bond donors (Lipinski definition) is 0. The van der Waals surface area contributed by atoms with Crippen LogP contribution in [0.2, 0.25) is 0 Å². The number of hydrogen-bond acceptors (Lipinski definition) is 13. The molecule has 0 aliphatic carbocycles. The van der Waals surface area contributed by atoms with Gasteiger partial charge in [0.1, 0.15) is 25.5 Å². The first-order valence-corrected chi connectivity index (χ1v) is 23.4. The van der Waals surface area contributed by atoms with Crippen LogP contribution < -0.4 is 9.63 Å². The van der Waals surface area contributed by atoms with Gasteiger partial charge in [-0.15, -0.1) is 0 Å². The Morgan fingerprint density at radius 1 is 0.619 bits per heavy atom. The summed E-state index contributed by atoms with van der Waals surface area (Å²) in [5.41, 5.74) is 5.46. The molecule has 15 heteroatoms. The van der Waals surface area contributed by atoms with E-state index in [2.05, 4.69) is 51.6 Å². The van der Waals surface area contributed by atoms with Crippen molar-refractivity contribution in [3.63, 3.8) is 0 Å². The third kappa shape index (κ3) is 22.7. The highest BCUT2D eigenvalue weighted by molar-refractivity contribution is 7.45. The van der Waals surface area contributed by atoms with Crippen molar-refractivity contribution in [2.75, 3.05) is 54.1 Å². The van der Waals surface area contributed by atoms with Gasteiger partial charge in [0.15, 0.2) is 12.7 Å². The van der Waals surface area contributed by atoms with E-state index in [9.17, 15) is 19.0 Å². The highest BCUT2D eigenvalue weighted by atomic mass is 31.2. The average molecular weight is 886 g/mol. The van der Waals surface area contributed by atoms with Crippen LogP contribution in [0.3, 0.4) is 0 Å². The van der Waals surface area contributed by atoms with Crippen molar-refractivity contribution < 1.29 is 46.8 Å². The molecular weight excluding hydrogens is 822 g/mol. The zero-order valence-corrected chi connectivity index (χ0v) is 38.2. The van der Waals surface area contributed by atoms with Crippen molar-refractivity contribution in [3.05, 3.63) is 114 Å². The lowest BCUT2D eigenvalue weighted by Crippen LogP contribution is -2.37. The van der Waals surface area contributed by atoms with Gasteiger partial charge in [-0.1, -0.05) is 87.9 Å². The Labute approximate surface area is 372 Å². The maximum absolute atomic E-state index is 12.8. The number of phosphoric acid groups is 1. The third-order valence-electron chi connectivity index (χ3n) is 9.71. The summed E-state index contributed by atoms with van der Waals surface area (Å²) in [7, 11) is 0.943. The molecule has 4 aromatic rings. The fraction of sp³-hybridized carbons (Fsp3) is 0.458. The highest BCUT2D eigenvalue weighted by Crippen LogP contribution is 2.38. The third-order valence-corrected chi connectivity index (χ3v) is 10.7. The van der Waals surface area contributed by atoms with Crippen molar-refractivity contribution in [2.45, 2.75) is 90.1 Å². The molecule has 63 heavy (non-hydrogen) atoms. The summed E-state index contributed by atoms with van der Waals surface area (Å²) in [6.45, 7) is 1.02. The molecule has 4 rings (SSSR count). The Morgan fingerprint density at radius 3 is 1.68 bits per heavy atom. The van der Waals surface area contributed by atoms with Crippen molar-refractivity contribution in [3.8, 4) is 5.75 Å². The predicted molar refractivity (Wildman–Crippen MR) is 242 cm³/mol. The normalized spacial score (nSPS) is 13.2. The molecule has 0 saturated heterocycles. The number of likely N-dealkylation sites (N-methyl/N-ethyl adjacent to an activating group) is 1. The van der Waals surface area contributed by atoms with E-state index in [1.807, 2.05) is 75.7 Å². The fourth-order valence-electron chi connectivity index (χ4n) is 6.05. The summed E-state index contributed by atoms with van der Waals surface area (Å²) in [6, 6.07) is 32.4. The topological polar surface area (TPSA) is 170 Å². The summed E-state index contributed by atoms with van der Waals surface area (Å²) >= 11 is 0. The second-order valence-electron chi connectivity index (χ2n) is 16.3. The van der Waals surface area contributed by atoms with Crippen LogP contribution in [0.1, 0.15) is 82.3 Å². The zero-order valence-electron chi connectivity index (χ0n) is 37.3. The first-order valence-electron chi connectivity index (χ1n) is 21.9. The molecule has 1 unspecified atom stereocenters. The smallest absolute Gasteiger partial charge is 0.344 e. The second-order valence-corrected chi connectivity index (χ2v) is 17.7. The van der Waals surface area contributed by atoms with Crippen LogP contribution in [0.5, 0.6) is 5.75 Å². The van der Waals surface area contributed by atoms with E-state index in [0.717, 1.165) is 55.6 Å². The predicted octanol–water partition coefficient (Wildman–Crippen LogP) is 11.3. The SMILES string of the molecule is CCCCCCc1ccc(N=Nc2ccc(OCC(=O)O[C@H](COC(=O)CCCCCCCc3ccc(N=Nc4ccccc4)cc3)COP(=O)([O-])OCC[N+](C)(C)C)cc2)cc1. The maximum atomic E-state index is 12.8. The molecule has 2 atom stereocenters. The summed E-state index contributed by atoms with van der Waals surface area (Å²) in [4.78, 5) is 37.9. The Morgan fingerprint density at radius 2 is 1.13 bits per heavy atom. The Balaban J connectivity index is 1.17. The van der Waals surface area contributed by atoms with Crippen molar-refractivity contribution in [1.29, 1.82) is 0 Å². The Bertz CT molecular complexity index is 2020. The van der Waals surface area contributed by atoms with Crippen LogP contribution in [0.15, 0.2) is 124 Å². The Hall–Kier alpha value is -5.11. The lowest BCUT2D eigenvalue weighted by molar-refractivity contribution is -0.870. The van der Waals surface area contributed by atoms with Gasteiger partial charge in [0.25, 0.3) is 7.82 Å². The number of carbonyl (C=O) groups is 2. The molecule has 4 aromatic carbocycles. The molecule has 14 nitrogen and oxygen atoms in total. The van der Waals surface area contributed by atoms with Crippen molar-refractivity contribution >= 4 is 42.5 Å². The van der Waals surface area contributed by atoms with E-state index in [0.29, 0.717) is 28.9 Å². The van der Waals surface area contributed by atoms with Crippen LogP contribution in [-0.4, -0.2) is 76.6 Å². The number of benzene rings is 4. The first-order chi connectivity index (χ1) is 30.4. The minimum Gasteiger partial charge on any atom is -0.756 e. The van der Waals surface area contributed by atoms with Gasteiger partial charge >= 0.3 is 11.9 Å². The first kappa shape index (κ1) is 50.5. The van der Waals surface area contributed by atoms with Crippen LogP contribution in [-0.2, 0) is 45.5 Å². The summed E-state index contributed by atoms with van der Waals surface area (Å²) < 4.78 is 39.4. The number of esters is 2. The van der Waals surface area contributed by atoms with E-state index in [1.165, 1.54) is 36.8 Å². The van der Waals surface area contributed by atoms with Gasteiger partial charge in [0.05, 0.1) is 50.5 Å². The number of rotatable bonds is 30. The number of phosphoric ester groups is 1. The average Bonchev–Trinajstić information content (AvgIpc) is 3.27. The quantitative estimate of drug-likeness (QED) is 0.0162. The molecule has 0 heterocycles. The lowest BCUT2D eigenvalue weighted by atomic mass is 10.0. The Kier molecular flexibility index (Phi) is 22.3. The number of ether oxygens (including phenoxy) is 3. The molecule has 0 radical (unpaired) electrons. The summed E-state index contributed by atoms with van der Waals surface area (Å²) in [6.07, 6.45) is 10.3. The van der Waals surface area contributed by atoms with Gasteiger partial charge in [-0.3, -0.25) is 9.36 Å². The largest absolute Gasteiger partial charge is 0.756 e. The molecule has 0 saturated carbocycles. The molecular formula is C48H64N5O9P. The molecule has 0 spiro atoms. The highest BCUT2D eigenvalue weighted by Gasteiger charge is 2.22. The van der Waals surface area contributed by atoms with Crippen LogP contribution in [0, 0.1) is 0 Å². The monoisotopic (exact) mass is 885 g/mol. The van der Waals surface area contributed by atoms with Crippen molar-refractivity contribution in [1.82, 2.24) is 0 Å². The molecule has 340 valence electrons. The number of carbonyl (C=O) groups excluding carboxylic acids is 2. The second kappa shape index (κ2) is 27.8. The molecule has 0 N–H and O–H groups in total. The minimum atomic E-state index is -4.74. The van der Waals surface area contributed by atoms with E-state index in [1.54, 1.807) is 24.3 Å². The van der Waals surface area contributed by atoms with Crippen LogP contribution >= 0.6 is 7.82 Å². The number of azo groups is 2.